The first-order valence-corrected chi connectivity index (χ1v) is 6.04. The number of carbonyl (C=O) groups is 1. The highest BCUT2D eigenvalue weighted by molar-refractivity contribution is 5.80. The summed E-state index contributed by atoms with van der Waals surface area (Å²) in [5.74, 6) is 0.129. The van der Waals surface area contributed by atoms with E-state index in [0.717, 1.165) is 12.8 Å². The molecule has 0 aromatic rings. The Kier molecular flexibility index (Phi) is 4.01. The van der Waals surface area contributed by atoms with Gasteiger partial charge >= 0.3 is 6.09 Å². The van der Waals surface area contributed by atoms with Crippen LogP contribution in [0.25, 0.3) is 0 Å². The van der Waals surface area contributed by atoms with Gasteiger partial charge < -0.3 is 15.4 Å². The maximum Gasteiger partial charge on any atom is 0.410 e. The van der Waals surface area contributed by atoms with E-state index in [1.165, 1.54) is 0 Å². The molecule has 2 unspecified atom stereocenters. The van der Waals surface area contributed by atoms with Crippen molar-refractivity contribution in [1.29, 1.82) is 5.41 Å². The molecule has 1 saturated heterocycles. The van der Waals surface area contributed by atoms with Crippen molar-refractivity contribution in [3.63, 3.8) is 0 Å². The van der Waals surface area contributed by atoms with E-state index in [2.05, 4.69) is 0 Å². The standard InChI is InChI=1S/C12H23N3O2/c1-8-5-6-9(10(13)14)7-15(8)11(16)17-12(2,3)4/h8-9H,5-7H2,1-4H3,(H3,13,14). The topological polar surface area (TPSA) is 79.4 Å². The SMILES string of the molecule is CC1CCC(C(=N)N)CN1C(=O)OC(C)(C)C. The zero-order valence-corrected chi connectivity index (χ0v) is 11.1. The Bertz CT molecular complexity index is 309. The molecule has 0 aromatic carbocycles. The van der Waals surface area contributed by atoms with Crippen LogP contribution in [0.5, 0.6) is 0 Å². The van der Waals surface area contributed by atoms with Crippen LogP contribution in [-0.4, -0.2) is 35.0 Å². The second kappa shape index (κ2) is 4.94. The van der Waals surface area contributed by atoms with Crippen LogP contribution in [0, 0.1) is 11.3 Å². The van der Waals surface area contributed by atoms with E-state index >= 15 is 0 Å². The van der Waals surface area contributed by atoms with Crippen LogP contribution < -0.4 is 5.73 Å². The third-order valence-corrected chi connectivity index (χ3v) is 2.95. The van der Waals surface area contributed by atoms with Gasteiger partial charge in [0.05, 0.1) is 5.84 Å². The summed E-state index contributed by atoms with van der Waals surface area (Å²) in [5.41, 5.74) is 5.02. The molecule has 5 nitrogen and oxygen atoms in total. The fourth-order valence-corrected chi connectivity index (χ4v) is 1.94. The maximum absolute atomic E-state index is 12.0. The van der Waals surface area contributed by atoms with Gasteiger partial charge in [-0.25, -0.2) is 4.79 Å². The fourth-order valence-electron chi connectivity index (χ4n) is 1.94. The Balaban J connectivity index is 2.67. The van der Waals surface area contributed by atoms with E-state index < -0.39 is 5.60 Å². The molecular weight excluding hydrogens is 218 g/mol. The lowest BCUT2D eigenvalue weighted by molar-refractivity contribution is 0.00904. The van der Waals surface area contributed by atoms with E-state index in [4.69, 9.17) is 15.9 Å². The number of rotatable bonds is 1. The maximum atomic E-state index is 12.0. The highest BCUT2D eigenvalue weighted by Crippen LogP contribution is 2.23. The average Bonchev–Trinajstić information content (AvgIpc) is 2.14. The van der Waals surface area contributed by atoms with Crippen molar-refractivity contribution in [3.8, 4) is 0 Å². The first kappa shape index (κ1) is 13.8. The number of likely N-dealkylation sites (tertiary alicyclic amines) is 1. The summed E-state index contributed by atoms with van der Waals surface area (Å²) >= 11 is 0. The summed E-state index contributed by atoms with van der Waals surface area (Å²) in [7, 11) is 0. The normalized spacial score (nSPS) is 25.5. The lowest BCUT2D eigenvalue weighted by Crippen LogP contribution is -2.50. The van der Waals surface area contributed by atoms with Crippen molar-refractivity contribution < 1.29 is 9.53 Å². The molecule has 5 heteroatoms. The monoisotopic (exact) mass is 241 g/mol. The molecular formula is C12H23N3O2. The van der Waals surface area contributed by atoms with Crippen LogP contribution in [0.3, 0.4) is 0 Å². The van der Waals surface area contributed by atoms with Gasteiger partial charge in [0.1, 0.15) is 5.60 Å². The molecule has 1 aliphatic rings. The smallest absolute Gasteiger partial charge is 0.410 e. The number of hydrogen-bond donors (Lipinski definition) is 2. The number of nitrogens with two attached hydrogens (primary N) is 1. The molecule has 1 heterocycles. The van der Waals surface area contributed by atoms with Gasteiger partial charge in [-0.2, -0.15) is 0 Å². The Morgan fingerprint density at radius 1 is 1.41 bits per heavy atom. The van der Waals surface area contributed by atoms with Gasteiger partial charge in [0.25, 0.3) is 0 Å². The van der Waals surface area contributed by atoms with Gasteiger partial charge in [-0.05, 0) is 40.5 Å². The van der Waals surface area contributed by atoms with Gasteiger partial charge in [-0.1, -0.05) is 0 Å². The van der Waals surface area contributed by atoms with Crippen LogP contribution in [0.15, 0.2) is 0 Å². The molecule has 3 N–H and O–H groups in total. The van der Waals surface area contributed by atoms with Crippen LogP contribution in [0.1, 0.15) is 40.5 Å². The van der Waals surface area contributed by atoms with Gasteiger partial charge in [0.2, 0.25) is 0 Å². The number of nitrogens with one attached hydrogen (secondary N) is 1. The van der Waals surface area contributed by atoms with Crippen molar-refractivity contribution in [3.05, 3.63) is 0 Å². The first-order chi connectivity index (χ1) is 7.70. The highest BCUT2D eigenvalue weighted by atomic mass is 16.6. The summed E-state index contributed by atoms with van der Waals surface area (Å²) in [6.07, 6.45) is 1.43. The number of amides is 1. The van der Waals surface area contributed by atoms with Crippen LogP contribution in [0.4, 0.5) is 4.79 Å². The van der Waals surface area contributed by atoms with Crippen LogP contribution in [0.2, 0.25) is 0 Å². The number of amidine groups is 1. The summed E-state index contributed by atoms with van der Waals surface area (Å²) < 4.78 is 5.35. The largest absolute Gasteiger partial charge is 0.444 e. The minimum Gasteiger partial charge on any atom is -0.444 e. The fraction of sp³-hybridized carbons (Fsp3) is 0.833. The number of hydrogen-bond acceptors (Lipinski definition) is 3. The zero-order valence-electron chi connectivity index (χ0n) is 11.1. The third-order valence-electron chi connectivity index (χ3n) is 2.95. The Hall–Kier alpha value is -1.26. The van der Waals surface area contributed by atoms with E-state index in [0.29, 0.717) is 6.54 Å². The molecule has 0 bridgehead atoms. The van der Waals surface area contributed by atoms with Crippen molar-refractivity contribution in [1.82, 2.24) is 4.90 Å². The summed E-state index contributed by atoms with van der Waals surface area (Å²) in [6, 6.07) is 0.153. The lowest BCUT2D eigenvalue weighted by atomic mass is 9.93. The third kappa shape index (κ3) is 3.91. The minimum atomic E-state index is -0.486. The second-order valence-corrected chi connectivity index (χ2v) is 5.71. The van der Waals surface area contributed by atoms with Crippen molar-refractivity contribution in [2.75, 3.05) is 6.54 Å². The molecule has 98 valence electrons. The van der Waals surface area contributed by atoms with Gasteiger partial charge in [-0.15, -0.1) is 0 Å². The number of carbonyl (C=O) groups excluding carboxylic acids is 1. The van der Waals surface area contributed by atoms with Gasteiger partial charge in [0, 0.05) is 18.5 Å². The molecule has 0 radical (unpaired) electrons. The molecule has 17 heavy (non-hydrogen) atoms. The van der Waals surface area contributed by atoms with Crippen molar-refractivity contribution >= 4 is 11.9 Å². The molecule has 0 spiro atoms. The molecule has 2 atom stereocenters. The predicted octanol–water partition coefficient (Wildman–Crippen LogP) is 1.96. The minimum absolute atomic E-state index is 0.0290. The average molecular weight is 241 g/mol. The summed E-state index contributed by atoms with van der Waals surface area (Å²) in [4.78, 5) is 13.7. The van der Waals surface area contributed by atoms with E-state index in [-0.39, 0.29) is 23.9 Å². The lowest BCUT2D eigenvalue weighted by Gasteiger charge is -2.38. The molecule has 1 amide bonds. The summed E-state index contributed by atoms with van der Waals surface area (Å²) in [5, 5.41) is 7.46. The number of ether oxygens (including phenoxy) is 1. The Morgan fingerprint density at radius 3 is 2.47 bits per heavy atom. The first-order valence-electron chi connectivity index (χ1n) is 6.04. The molecule has 1 fully saturated rings. The Morgan fingerprint density at radius 2 is 2.00 bits per heavy atom. The summed E-state index contributed by atoms with van der Waals surface area (Å²) in [6.45, 7) is 8.04. The second-order valence-electron chi connectivity index (χ2n) is 5.71. The van der Waals surface area contributed by atoms with Crippen molar-refractivity contribution in [2.24, 2.45) is 11.7 Å². The van der Waals surface area contributed by atoms with E-state index in [1.54, 1.807) is 4.90 Å². The van der Waals surface area contributed by atoms with E-state index in [1.807, 2.05) is 27.7 Å². The molecule has 0 saturated carbocycles. The van der Waals surface area contributed by atoms with Crippen LogP contribution in [-0.2, 0) is 4.74 Å². The predicted molar refractivity (Wildman–Crippen MR) is 67.0 cm³/mol. The van der Waals surface area contributed by atoms with Crippen molar-refractivity contribution in [2.45, 2.75) is 52.2 Å². The number of piperidine rings is 1. The highest BCUT2D eigenvalue weighted by Gasteiger charge is 2.32. The molecule has 1 rings (SSSR count). The molecule has 1 aliphatic heterocycles. The Labute approximate surface area is 103 Å². The van der Waals surface area contributed by atoms with E-state index in [9.17, 15) is 4.79 Å². The number of nitrogens with zero attached hydrogens (tertiary/aromatic N) is 1. The van der Waals surface area contributed by atoms with Crippen LogP contribution >= 0.6 is 0 Å². The van der Waals surface area contributed by atoms with Gasteiger partial charge in [-0.3, -0.25) is 5.41 Å². The zero-order chi connectivity index (χ0) is 13.2. The van der Waals surface area contributed by atoms with Gasteiger partial charge in [0.15, 0.2) is 0 Å². The quantitative estimate of drug-likeness (QED) is 0.544. The molecule has 0 aromatic heterocycles. The molecule has 0 aliphatic carbocycles.